The Morgan fingerprint density at radius 2 is 1.86 bits per heavy atom. The standard InChI is InChI=1S/C12H15NO/c1-7-5-10(9-3-4-9)11(12(13)14)6-8(7)2/h5-6,9H,3-4H2,1-2H3,(H2,13,14). The Morgan fingerprint density at radius 3 is 2.36 bits per heavy atom. The first-order valence-corrected chi connectivity index (χ1v) is 5.00. The minimum atomic E-state index is -0.296. The van der Waals surface area contributed by atoms with E-state index < -0.39 is 0 Å². The predicted octanol–water partition coefficient (Wildman–Crippen LogP) is 2.28. The van der Waals surface area contributed by atoms with Crippen LogP contribution in [0.15, 0.2) is 12.1 Å². The lowest BCUT2D eigenvalue weighted by Crippen LogP contribution is -2.14. The molecular formula is C12H15NO. The number of primary amides is 1. The van der Waals surface area contributed by atoms with Crippen LogP contribution >= 0.6 is 0 Å². The fourth-order valence-electron chi connectivity index (χ4n) is 1.78. The number of hydrogen-bond donors (Lipinski definition) is 1. The molecule has 1 fully saturated rings. The zero-order chi connectivity index (χ0) is 10.3. The van der Waals surface area contributed by atoms with Crippen molar-refractivity contribution in [1.29, 1.82) is 0 Å². The summed E-state index contributed by atoms with van der Waals surface area (Å²) in [6.07, 6.45) is 2.39. The van der Waals surface area contributed by atoms with E-state index in [9.17, 15) is 4.79 Å². The van der Waals surface area contributed by atoms with Gasteiger partial charge in [-0.3, -0.25) is 4.79 Å². The average molecular weight is 189 g/mol. The summed E-state index contributed by atoms with van der Waals surface area (Å²) in [7, 11) is 0. The second-order valence-corrected chi connectivity index (χ2v) is 4.16. The second-order valence-electron chi connectivity index (χ2n) is 4.16. The number of amides is 1. The normalized spacial score (nSPS) is 15.6. The fourth-order valence-corrected chi connectivity index (χ4v) is 1.78. The molecule has 1 aromatic carbocycles. The van der Waals surface area contributed by atoms with Crippen molar-refractivity contribution in [2.75, 3.05) is 0 Å². The van der Waals surface area contributed by atoms with Crippen LogP contribution in [0.25, 0.3) is 0 Å². The Kier molecular flexibility index (Phi) is 2.06. The van der Waals surface area contributed by atoms with Gasteiger partial charge < -0.3 is 5.73 Å². The summed E-state index contributed by atoms with van der Waals surface area (Å²) in [5, 5.41) is 0. The van der Waals surface area contributed by atoms with Gasteiger partial charge in [0.1, 0.15) is 0 Å². The van der Waals surface area contributed by atoms with E-state index in [4.69, 9.17) is 5.73 Å². The number of hydrogen-bond acceptors (Lipinski definition) is 1. The molecule has 2 N–H and O–H groups in total. The van der Waals surface area contributed by atoms with Crippen LogP contribution < -0.4 is 5.73 Å². The van der Waals surface area contributed by atoms with E-state index in [-0.39, 0.29) is 5.91 Å². The highest BCUT2D eigenvalue weighted by Gasteiger charge is 2.27. The van der Waals surface area contributed by atoms with Gasteiger partial charge in [-0.05, 0) is 55.4 Å². The van der Waals surface area contributed by atoms with Gasteiger partial charge in [0, 0.05) is 5.56 Å². The van der Waals surface area contributed by atoms with Crippen LogP contribution in [0.5, 0.6) is 0 Å². The largest absolute Gasteiger partial charge is 0.366 e. The van der Waals surface area contributed by atoms with Crippen LogP contribution in [0.3, 0.4) is 0 Å². The molecule has 1 amide bonds. The van der Waals surface area contributed by atoms with Gasteiger partial charge >= 0.3 is 0 Å². The zero-order valence-electron chi connectivity index (χ0n) is 8.63. The highest BCUT2D eigenvalue weighted by molar-refractivity contribution is 5.95. The first-order valence-electron chi connectivity index (χ1n) is 5.00. The molecule has 0 saturated heterocycles. The number of benzene rings is 1. The molecular weight excluding hydrogens is 174 g/mol. The Balaban J connectivity index is 2.54. The molecule has 14 heavy (non-hydrogen) atoms. The molecule has 0 bridgehead atoms. The van der Waals surface area contributed by atoms with Crippen molar-refractivity contribution in [3.63, 3.8) is 0 Å². The van der Waals surface area contributed by atoms with Crippen molar-refractivity contribution in [1.82, 2.24) is 0 Å². The molecule has 2 heteroatoms. The molecule has 0 aliphatic heterocycles. The quantitative estimate of drug-likeness (QED) is 0.762. The van der Waals surface area contributed by atoms with E-state index >= 15 is 0 Å². The van der Waals surface area contributed by atoms with Gasteiger partial charge in [-0.15, -0.1) is 0 Å². The van der Waals surface area contributed by atoms with E-state index in [0.717, 1.165) is 16.7 Å². The summed E-state index contributed by atoms with van der Waals surface area (Å²) in [5.74, 6) is 0.284. The minimum Gasteiger partial charge on any atom is -0.366 e. The van der Waals surface area contributed by atoms with Gasteiger partial charge in [0.25, 0.3) is 0 Å². The summed E-state index contributed by atoms with van der Waals surface area (Å²) < 4.78 is 0. The molecule has 1 aliphatic carbocycles. The van der Waals surface area contributed by atoms with Crippen molar-refractivity contribution < 1.29 is 4.79 Å². The minimum absolute atomic E-state index is 0.296. The van der Waals surface area contributed by atoms with Crippen LogP contribution in [0.2, 0.25) is 0 Å². The summed E-state index contributed by atoms with van der Waals surface area (Å²) in [5.41, 5.74) is 9.62. The first-order chi connectivity index (χ1) is 6.59. The summed E-state index contributed by atoms with van der Waals surface area (Å²) in [6, 6.07) is 4.04. The van der Waals surface area contributed by atoms with Crippen molar-refractivity contribution in [2.45, 2.75) is 32.6 Å². The molecule has 1 aromatic rings. The third kappa shape index (κ3) is 1.52. The highest BCUT2D eigenvalue weighted by atomic mass is 16.1. The van der Waals surface area contributed by atoms with Crippen molar-refractivity contribution >= 4 is 5.91 Å². The van der Waals surface area contributed by atoms with Crippen LogP contribution in [-0.2, 0) is 0 Å². The Bertz CT molecular complexity index is 392. The molecule has 0 aromatic heterocycles. The Morgan fingerprint density at radius 1 is 1.29 bits per heavy atom. The third-order valence-electron chi connectivity index (χ3n) is 2.95. The van der Waals surface area contributed by atoms with Crippen molar-refractivity contribution in [3.05, 3.63) is 34.4 Å². The number of carbonyl (C=O) groups excluding carboxylic acids is 1. The maximum atomic E-state index is 11.2. The molecule has 2 rings (SSSR count). The van der Waals surface area contributed by atoms with E-state index in [1.165, 1.54) is 18.4 Å². The molecule has 1 aliphatic rings. The topological polar surface area (TPSA) is 43.1 Å². The van der Waals surface area contributed by atoms with Crippen LogP contribution in [0.1, 0.15) is 45.8 Å². The Labute approximate surface area is 84.1 Å². The highest BCUT2D eigenvalue weighted by Crippen LogP contribution is 2.42. The molecule has 2 nitrogen and oxygen atoms in total. The molecule has 0 unspecified atom stereocenters. The van der Waals surface area contributed by atoms with Crippen molar-refractivity contribution in [2.24, 2.45) is 5.73 Å². The maximum absolute atomic E-state index is 11.2. The van der Waals surface area contributed by atoms with Gasteiger partial charge in [0.05, 0.1) is 0 Å². The van der Waals surface area contributed by atoms with Crippen LogP contribution in [0.4, 0.5) is 0 Å². The molecule has 0 radical (unpaired) electrons. The second kappa shape index (κ2) is 3.12. The van der Waals surface area contributed by atoms with E-state index in [1.54, 1.807) is 0 Å². The molecule has 1 saturated carbocycles. The van der Waals surface area contributed by atoms with Gasteiger partial charge in [0.2, 0.25) is 5.91 Å². The predicted molar refractivity (Wildman–Crippen MR) is 56.4 cm³/mol. The lowest BCUT2D eigenvalue weighted by molar-refractivity contribution is 0.0999. The first kappa shape index (κ1) is 9.25. The lowest BCUT2D eigenvalue weighted by Gasteiger charge is -2.09. The smallest absolute Gasteiger partial charge is 0.248 e. The van der Waals surface area contributed by atoms with Gasteiger partial charge in [-0.1, -0.05) is 6.07 Å². The van der Waals surface area contributed by atoms with Crippen LogP contribution in [-0.4, -0.2) is 5.91 Å². The SMILES string of the molecule is Cc1cc(C(N)=O)c(C2CC2)cc1C. The molecule has 0 heterocycles. The maximum Gasteiger partial charge on any atom is 0.248 e. The summed E-state index contributed by atoms with van der Waals surface area (Å²) >= 11 is 0. The molecule has 0 atom stereocenters. The molecule has 74 valence electrons. The Hall–Kier alpha value is -1.31. The number of aryl methyl sites for hydroxylation is 2. The summed E-state index contributed by atoms with van der Waals surface area (Å²) in [6.45, 7) is 4.09. The van der Waals surface area contributed by atoms with E-state index in [1.807, 2.05) is 13.0 Å². The average Bonchev–Trinajstić information content (AvgIpc) is 2.91. The summed E-state index contributed by atoms with van der Waals surface area (Å²) in [4.78, 5) is 11.2. The number of carbonyl (C=O) groups is 1. The van der Waals surface area contributed by atoms with Crippen molar-refractivity contribution in [3.8, 4) is 0 Å². The van der Waals surface area contributed by atoms with Crippen LogP contribution in [0, 0.1) is 13.8 Å². The number of nitrogens with two attached hydrogens (primary N) is 1. The molecule has 0 spiro atoms. The van der Waals surface area contributed by atoms with Gasteiger partial charge in [-0.25, -0.2) is 0 Å². The van der Waals surface area contributed by atoms with E-state index in [0.29, 0.717) is 5.92 Å². The number of rotatable bonds is 2. The van der Waals surface area contributed by atoms with Gasteiger partial charge in [-0.2, -0.15) is 0 Å². The third-order valence-corrected chi connectivity index (χ3v) is 2.95. The fraction of sp³-hybridized carbons (Fsp3) is 0.417. The lowest BCUT2D eigenvalue weighted by atomic mass is 9.96. The van der Waals surface area contributed by atoms with E-state index in [2.05, 4.69) is 13.0 Å². The van der Waals surface area contributed by atoms with Gasteiger partial charge in [0.15, 0.2) is 0 Å². The zero-order valence-corrected chi connectivity index (χ0v) is 8.63. The monoisotopic (exact) mass is 189 g/mol.